The highest BCUT2D eigenvalue weighted by Gasteiger charge is 2.52. The molecular weight excluding hydrogens is 415 g/mol. The molecule has 3 aromatic rings. The van der Waals surface area contributed by atoms with Crippen molar-refractivity contribution < 1.29 is 18.7 Å². The molecule has 0 bridgehead atoms. The second kappa shape index (κ2) is 7.63. The molecule has 2 atom stereocenters. The number of nitrogens with one attached hydrogen (secondary N) is 1. The van der Waals surface area contributed by atoms with Crippen molar-refractivity contribution in [1.82, 2.24) is 25.0 Å². The summed E-state index contributed by atoms with van der Waals surface area (Å²) in [4.78, 5) is 28.4. The number of carbonyl (C=O) groups is 2. The number of fused-ring (bicyclic) bond motifs is 3. The van der Waals surface area contributed by atoms with Crippen LogP contribution in [0.4, 0.5) is 15.1 Å². The van der Waals surface area contributed by atoms with Gasteiger partial charge in [0.2, 0.25) is 5.95 Å². The maximum absolute atomic E-state index is 14.4. The van der Waals surface area contributed by atoms with E-state index in [1.54, 1.807) is 34.7 Å². The van der Waals surface area contributed by atoms with Crippen LogP contribution < -0.4 is 15.0 Å². The van der Waals surface area contributed by atoms with E-state index in [2.05, 4.69) is 15.5 Å². The third-order valence-corrected chi connectivity index (χ3v) is 5.76. The highest BCUT2D eigenvalue weighted by atomic mass is 19.1. The Balaban J connectivity index is 1.61. The average molecular weight is 436 g/mol. The minimum Gasteiger partial charge on any atom is -0.494 e. The van der Waals surface area contributed by atoms with Gasteiger partial charge in [0.05, 0.1) is 6.61 Å². The molecule has 1 saturated heterocycles. The molecule has 9 nitrogen and oxygen atoms in total. The smallest absolute Gasteiger partial charge is 0.325 e. The van der Waals surface area contributed by atoms with Crippen molar-refractivity contribution >= 4 is 17.9 Å². The monoisotopic (exact) mass is 436 g/mol. The number of hydrogen-bond donors (Lipinski definition) is 1. The first-order chi connectivity index (χ1) is 15.5. The lowest BCUT2D eigenvalue weighted by Crippen LogP contribution is -2.61. The number of urea groups is 1. The van der Waals surface area contributed by atoms with E-state index in [9.17, 15) is 14.0 Å². The number of nitrogens with zero attached hydrogens (tertiary/aromatic N) is 5. The lowest BCUT2D eigenvalue weighted by atomic mass is 10.1. The maximum Gasteiger partial charge on any atom is 0.325 e. The minimum atomic E-state index is -0.774. The number of anilines is 1. The molecule has 3 heterocycles. The van der Waals surface area contributed by atoms with Crippen LogP contribution in [-0.4, -0.2) is 51.3 Å². The van der Waals surface area contributed by atoms with Gasteiger partial charge in [-0.2, -0.15) is 0 Å². The van der Waals surface area contributed by atoms with E-state index >= 15 is 0 Å². The van der Waals surface area contributed by atoms with Gasteiger partial charge in [-0.25, -0.2) is 9.18 Å². The molecule has 2 aromatic carbocycles. The van der Waals surface area contributed by atoms with Crippen LogP contribution in [0.5, 0.6) is 5.75 Å². The van der Waals surface area contributed by atoms with Crippen LogP contribution in [0, 0.1) is 5.82 Å². The standard InChI is InChI=1S/C22H21FN6O3/c1-3-32-15-10-8-13(9-11-15)18-25-26-21-28(12-14-6-4-5-7-16(14)23)17-19(30)24-22(31)27(2)20(17)29(18)21/h4-11,17,20H,3,12H2,1-2H3,(H,24,30,31). The molecule has 3 amide bonds. The Kier molecular flexibility index (Phi) is 4.76. The Hall–Kier alpha value is -3.95. The average Bonchev–Trinajstić information content (AvgIpc) is 3.34. The van der Waals surface area contributed by atoms with Gasteiger partial charge in [0.1, 0.15) is 17.7 Å². The predicted octanol–water partition coefficient (Wildman–Crippen LogP) is 2.55. The molecule has 2 unspecified atom stereocenters. The van der Waals surface area contributed by atoms with Gasteiger partial charge in [-0.15, -0.1) is 10.2 Å². The van der Waals surface area contributed by atoms with E-state index < -0.39 is 24.1 Å². The fraction of sp³-hybridized carbons (Fsp3) is 0.273. The topological polar surface area (TPSA) is 92.6 Å². The first-order valence-corrected chi connectivity index (χ1v) is 10.3. The first kappa shape index (κ1) is 20.0. The number of aromatic nitrogens is 3. The van der Waals surface area contributed by atoms with Crippen LogP contribution in [0.15, 0.2) is 48.5 Å². The minimum absolute atomic E-state index is 0.102. The zero-order chi connectivity index (χ0) is 22.4. The third kappa shape index (κ3) is 3.06. The van der Waals surface area contributed by atoms with Crippen molar-refractivity contribution in [2.24, 2.45) is 0 Å². The molecular formula is C22H21FN6O3. The summed E-state index contributed by atoms with van der Waals surface area (Å²) in [5.74, 6) is 0.778. The van der Waals surface area contributed by atoms with Crippen LogP contribution in [0.25, 0.3) is 11.4 Å². The zero-order valence-electron chi connectivity index (χ0n) is 17.5. The number of imide groups is 1. The van der Waals surface area contributed by atoms with Crippen LogP contribution in [0.2, 0.25) is 0 Å². The molecule has 0 spiro atoms. The second-order valence-corrected chi connectivity index (χ2v) is 7.63. The van der Waals surface area contributed by atoms with E-state index in [-0.39, 0.29) is 12.4 Å². The summed E-state index contributed by atoms with van der Waals surface area (Å²) in [7, 11) is 1.61. The van der Waals surface area contributed by atoms with Gasteiger partial charge < -0.3 is 14.5 Å². The summed E-state index contributed by atoms with van der Waals surface area (Å²) in [5.41, 5.74) is 1.17. The van der Waals surface area contributed by atoms with Gasteiger partial charge in [-0.05, 0) is 37.3 Å². The Morgan fingerprint density at radius 3 is 2.56 bits per heavy atom. The molecule has 32 heavy (non-hydrogen) atoms. The number of hydrogen-bond acceptors (Lipinski definition) is 6. The fourth-order valence-corrected chi connectivity index (χ4v) is 4.24. The summed E-state index contributed by atoms with van der Waals surface area (Å²) < 4.78 is 21.7. The van der Waals surface area contributed by atoms with Crippen LogP contribution in [0.1, 0.15) is 18.7 Å². The maximum atomic E-state index is 14.4. The number of halogens is 1. The van der Waals surface area contributed by atoms with Crippen molar-refractivity contribution in [3.8, 4) is 17.1 Å². The molecule has 5 rings (SSSR count). The summed E-state index contributed by atoms with van der Waals surface area (Å²) in [6, 6.07) is 12.4. The Bertz CT molecular complexity index is 1190. The first-order valence-electron chi connectivity index (χ1n) is 10.3. The second-order valence-electron chi connectivity index (χ2n) is 7.63. The van der Waals surface area contributed by atoms with Crippen LogP contribution >= 0.6 is 0 Å². The van der Waals surface area contributed by atoms with Gasteiger partial charge in [0.15, 0.2) is 11.9 Å². The van der Waals surface area contributed by atoms with Crippen molar-refractivity contribution in [1.29, 1.82) is 0 Å². The fourth-order valence-electron chi connectivity index (χ4n) is 4.24. The largest absolute Gasteiger partial charge is 0.494 e. The highest BCUT2D eigenvalue weighted by molar-refractivity contribution is 6.02. The SMILES string of the molecule is CCOc1ccc(-c2nnc3n2C2C(C(=O)NC(=O)N2C)N3Cc2ccccc2F)cc1. The molecule has 0 radical (unpaired) electrons. The molecule has 2 aliphatic rings. The van der Waals surface area contributed by atoms with Gasteiger partial charge in [-0.3, -0.25) is 14.7 Å². The highest BCUT2D eigenvalue weighted by Crippen LogP contribution is 2.41. The lowest BCUT2D eigenvalue weighted by molar-refractivity contribution is -0.124. The molecule has 0 aliphatic carbocycles. The zero-order valence-corrected chi connectivity index (χ0v) is 17.5. The van der Waals surface area contributed by atoms with E-state index in [0.717, 1.165) is 11.3 Å². The Morgan fingerprint density at radius 1 is 1.09 bits per heavy atom. The van der Waals surface area contributed by atoms with Gasteiger partial charge in [0, 0.05) is 24.7 Å². The number of ether oxygens (including phenoxy) is 1. The van der Waals surface area contributed by atoms with Crippen molar-refractivity contribution in [2.75, 3.05) is 18.6 Å². The van der Waals surface area contributed by atoms with Crippen molar-refractivity contribution in [3.63, 3.8) is 0 Å². The van der Waals surface area contributed by atoms with E-state index in [0.29, 0.717) is 23.9 Å². The lowest BCUT2D eigenvalue weighted by Gasteiger charge is -2.37. The summed E-state index contributed by atoms with van der Waals surface area (Å²) in [6.07, 6.45) is -0.672. The van der Waals surface area contributed by atoms with Crippen LogP contribution in [0.3, 0.4) is 0 Å². The summed E-state index contributed by atoms with van der Waals surface area (Å²) in [5, 5.41) is 11.0. The number of benzene rings is 2. The van der Waals surface area contributed by atoms with Gasteiger partial charge in [0.25, 0.3) is 5.91 Å². The van der Waals surface area contributed by atoms with E-state index in [1.165, 1.54) is 11.0 Å². The summed E-state index contributed by atoms with van der Waals surface area (Å²) >= 11 is 0. The van der Waals surface area contributed by atoms with Crippen LogP contribution in [-0.2, 0) is 11.3 Å². The number of amides is 3. The number of rotatable bonds is 5. The molecule has 1 fully saturated rings. The molecule has 10 heteroatoms. The normalized spacial score (nSPS) is 19.6. The quantitative estimate of drug-likeness (QED) is 0.661. The van der Waals surface area contributed by atoms with Crippen molar-refractivity contribution in [2.45, 2.75) is 25.7 Å². The number of carbonyl (C=O) groups excluding carboxylic acids is 2. The Labute approximate surface area is 183 Å². The number of likely N-dealkylation sites (N-methyl/N-ethyl adjacent to an activating group) is 1. The van der Waals surface area contributed by atoms with E-state index in [4.69, 9.17) is 4.74 Å². The molecule has 1 N–H and O–H groups in total. The van der Waals surface area contributed by atoms with Gasteiger partial charge >= 0.3 is 6.03 Å². The van der Waals surface area contributed by atoms with Crippen molar-refractivity contribution in [3.05, 3.63) is 59.9 Å². The predicted molar refractivity (Wildman–Crippen MR) is 113 cm³/mol. The van der Waals surface area contributed by atoms with E-state index in [1.807, 2.05) is 31.2 Å². The van der Waals surface area contributed by atoms with Gasteiger partial charge in [-0.1, -0.05) is 18.2 Å². The molecule has 1 aromatic heterocycles. The molecule has 0 saturated carbocycles. The third-order valence-electron chi connectivity index (χ3n) is 5.76. The molecule has 164 valence electrons. The summed E-state index contributed by atoms with van der Waals surface area (Å²) in [6.45, 7) is 2.56. The Morgan fingerprint density at radius 2 is 1.84 bits per heavy atom. The molecule has 2 aliphatic heterocycles.